The van der Waals surface area contributed by atoms with E-state index in [1.807, 2.05) is 19.1 Å². The molecule has 3 rings (SSSR count). The van der Waals surface area contributed by atoms with Crippen LogP contribution in [-0.4, -0.2) is 21.1 Å². The van der Waals surface area contributed by atoms with Crippen LogP contribution in [0.1, 0.15) is 31.2 Å². The van der Waals surface area contributed by atoms with Gasteiger partial charge in [0.05, 0.1) is 12.1 Å². The smallest absolute Gasteiger partial charge is 0.241 e. The maximum atomic E-state index is 5.91. The molecular formula is C18H21N3O. The Bertz CT molecular complexity index is 750. The molecule has 1 aromatic carbocycles. The van der Waals surface area contributed by atoms with Crippen molar-refractivity contribution in [2.75, 3.05) is 6.61 Å². The third kappa shape index (κ3) is 3.11. The Labute approximate surface area is 130 Å². The quantitative estimate of drug-likeness (QED) is 0.646. The number of rotatable bonds is 6. The molecule has 0 aliphatic carbocycles. The van der Waals surface area contributed by atoms with Crippen LogP contribution in [-0.2, 0) is 6.54 Å². The van der Waals surface area contributed by atoms with Crippen molar-refractivity contribution < 1.29 is 4.74 Å². The van der Waals surface area contributed by atoms with Crippen LogP contribution >= 0.6 is 0 Å². The molecule has 0 unspecified atom stereocenters. The van der Waals surface area contributed by atoms with Crippen molar-refractivity contribution in [3.63, 3.8) is 0 Å². The number of hydrogen-bond donors (Lipinski definition) is 0. The van der Waals surface area contributed by atoms with E-state index in [0.717, 1.165) is 36.2 Å². The van der Waals surface area contributed by atoms with Gasteiger partial charge in [-0.3, -0.25) is 0 Å². The first-order valence-electron chi connectivity index (χ1n) is 7.78. The molecule has 0 fully saturated rings. The Morgan fingerprint density at radius 3 is 2.68 bits per heavy atom. The highest BCUT2D eigenvalue weighted by atomic mass is 16.5. The largest absolute Gasteiger partial charge is 0.476 e. The second-order valence-corrected chi connectivity index (χ2v) is 5.44. The maximum Gasteiger partial charge on any atom is 0.241 e. The lowest BCUT2D eigenvalue weighted by Crippen LogP contribution is -2.05. The zero-order valence-electron chi connectivity index (χ0n) is 13.1. The van der Waals surface area contributed by atoms with E-state index in [-0.39, 0.29) is 0 Å². The standard InChI is InChI=1S/C18H21N3O/c1-3-4-12-22-18-17-16(19-14(2)20-18)10-11-21(17)13-15-8-6-5-7-9-15/h5-11H,3-4,12-13H2,1-2H3. The molecule has 0 aliphatic rings. The first kappa shape index (κ1) is 14.6. The van der Waals surface area contributed by atoms with Gasteiger partial charge in [0.25, 0.3) is 0 Å². The first-order valence-corrected chi connectivity index (χ1v) is 7.78. The van der Waals surface area contributed by atoms with Gasteiger partial charge in [-0.25, -0.2) is 4.98 Å². The number of fused-ring (bicyclic) bond motifs is 1. The summed E-state index contributed by atoms with van der Waals surface area (Å²) >= 11 is 0. The van der Waals surface area contributed by atoms with E-state index in [0.29, 0.717) is 12.5 Å². The van der Waals surface area contributed by atoms with Crippen molar-refractivity contribution in [3.8, 4) is 5.88 Å². The second-order valence-electron chi connectivity index (χ2n) is 5.44. The average molecular weight is 295 g/mol. The molecule has 0 amide bonds. The number of nitrogens with zero attached hydrogens (tertiary/aromatic N) is 3. The summed E-state index contributed by atoms with van der Waals surface area (Å²) in [5, 5.41) is 0. The monoisotopic (exact) mass is 295 g/mol. The summed E-state index contributed by atoms with van der Waals surface area (Å²) in [5.41, 5.74) is 3.17. The van der Waals surface area contributed by atoms with E-state index >= 15 is 0 Å². The number of benzene rings is 1. The Kier molecular flexibility index (Phi) is 4.37. The molecule has 4 nitrogen and oxygen atoms in total. The number of aromatic nitrogens is 3. The molecule has 2 aromatic heterocycles. The number of hydrogen-bond acceptors (Lipinski definition) is 3. The fourth-order valence-electron chi connectivity index (χ4n) is 2.51. The van der Waals surface area contributed by atoms with Crippen LogP contribution in [0, 0.1) is 6.92 Å². The molecule has 4 heteroatoms. The third-order valence-corrected chi connectivity index (χ3v) is 3.62. The van der Waals surface area contributed by atoms with Gasteiger partial charge in [0.15, 0.2) is 0 Å². The molecule has 0 bridgehead atoms. The van der Waals surface area contributed by atoms with Crippen molar-refractivity contribution in [1.29, 1.82) is 0 Å². The van der Waals surface area contributed by atoms with Crippen LogP contribution in [0.3, 0.4) is 0 Å². The summed E-state index contributed by atoms with van der Waals surface area (Å²) in [6.07, 6.45) is 4.20. The molecule has 0 radical (unpaired) electrons. The fraction of sp³-hybridized carbons (Fsp3) is 0.333. The molecule has 0 saturated heterocycles. The minimum atomic E-state index is 0.692. The first-order chi connectivity index (χ1) is 10.8. The lowest BCUT2D eigenvalue weighted by Gasteiger charge is -2.11. The van der Waals surface area contributed by atoms with Crippen molar-refractivity contribution in [2.45, 2.75) is 33.2 Å². The van der Waals surface area contributed by atoms with Crippen LogP contribution in [0.15, 0.2) is 42.6 Å². The van der Waals surface area contributed by atoms with Gasteiger partial charge in [-0.05, 0) is 25.0 Å². The highest BCUT2D eigenvalue weighted by molar-refractivity contribution is 5.80. The van der Waals surface area contributed by atoms with Crippen LogP contribution in [0.4, 0.5) is 0 Å². The van der Waals surface area contributed by atoms with Gasteiger partial charge < -0.3 is 9.30 Å². The SMILES string of the molecule is CCCCOc1nc(C)nc2ccn(Cc3ccccc3)c12. The van der Waals surface area contributed by atoms with Gasteiger partial charge in [0.2, 0.25) is 5.88 Å². The summed E-state index contributed by atoms with van der Waals surface area (Å²) in [4.78, 5) is 9.01. The Morgan fingerprint density at radius 1 is 1.09 bits per heavy atom. The molecular weight excluding hydrogens is 274 g/mol. The summed E-state index contributed by atoms with van der Waals surface area (Å²) in [6, 6.07) is 12.4. The van der Waals surface area contributed by atoms with Gasteiger partial charge in [-0.2, -0.15) is 4.98 Å². The van der Waals surface area contributed by atoms with Gasteiger partial charge in [-0.15, -0.1) is 0 Å². The summed E-state index contributed by atoms with van der Waals surface area (Å²) in [5.74, 6) is 1.44. The van der Waals surface area contributed by atoms with Crippen LogP contribution < -0.4 is 4.74 Å². The van der Waals surface area contributed by atoms with E-state index in [1.165, 1.54) is 5.56 Å². The predicted octanol–water partition coefficient (Wildman–Crippen LogP) is 3.97. The normalized spacial score (nSPS) is 11.0. The van der Waals surface area contributed by atoms with E-state index in [9.17, 15) is 0 Å². The summed E-state index contributed by atoms with van der Waals surface area (Å²) in [7, 11) is 0. The number of unbranched alkanes of at least 4 members (excludes halogenated alkanes) is 1. The minimum Gasteiger partial charge on any atom is -0.476 e. The van der Waals surface area contributed by atoms with Crippen LogP contribution in [0.25, 0.3) is 11.0 Å². The molecule has 3 aromatic rings. The molecule has 114 valence electrons. The van der Waals surface area contributed by atoms with Crippen LogP contribution in [0.2, 0.25) is 0 Å². The maximum absolute atomic E-state index is 5.91. The molecule has 0 saturated carbocycles. The highest BCUT2D eigenvalue weighted by Crippen LogP contribution is 2.24. The molecule has 0 aliphatic heterocycles. The zero-order valence-corrected chi connectivity index (χ0v) is 13.1. The lowest BCUT2D eigenvalue weighted by atomic mass is 10.2. The molecule has 22 heavy (non-hydrogen) atoms. The second kappa shape index (κ2) is 6.60. The Balaban J connectivity index is 1.96. The topological polar surface area (TPSA) is 39.9 Å². The van der Waals surface area contributed by atoms with E-state index in [2.05, 4.69) is 51.9 Å². The average Bonchev–Trinajstić information content (AvgIpc) is 2.91. The van der Waals surface area contributed by atoms with Crippen molar-refractivity contribution >= 4 is 11.0 Å². The lowest BCUT2D eigenvalue weighted by molar-refractivity contribution is 0.299. The zero-order chi connectivity index (χ0) is 15.4. The van der Waals surface area contributed by atoms with Crippen molar-refractivity contribution in [2.24, 2.45) is 0 Å². The molecule has 2 heterocycles. The van der Waals surface area contributed by atoms with E-state index < -0.39 is 0 Å². The van der Waals surface area contributed by atoms with Gasteiger partial charge >= 0.3 is 0 Å². The Morgan fingerprint density at radius 2 is 1.91 bits per heavy atom. The minimum absolute atomic E-state index is 0.692. The highest BCUT2D eigenvalue weighted by Gasteiger charge is 2.12. The number of ether oxygens (including phenoxy) is 1. The molecule has 0 spiro atoms. The van der Waals surface area contributed by atoms with Gasteiger partial charge in [-0.1, -0.05) is 43.7 Å². The molecule has 0 N–H and O–H groups in total. The third-order valence-electron chi connectivity index (χ3n) is 3.62. The predicted molar refractivity (Wildman–Crippen MR) is 88.2 cm³/mol. The Hall–Kier alpha value is -2.36. The summed E-state index contributed by atoms with van der Waals surface area (Å²) in [6.45, 7) is 5.54. The van der Waals surface area contributed by atoms with Crippen LogP contribution in [0.5, 0.6) is 5.88 Å². The molecule has 0 atom stereocenters. The fourth-order valence-corrected chi connectivity index (χ4v) is 2.51. The van der Waals surface area contributed by atoms with E-state index in [1.54, 1.807) is 0 Å². The van der Waals surface area contributed by atoms with Crippen molar-refractivity contribution in [1.82, 2.24) is 14.5 Å². The van der Waals surface area contributed by atoms with Gasteiger partial charge in [0.1, 0.15) is 11.3 Å². The van der Waals surface area contributed by atoms with E-state index in [4.69, 9.17) is 4.74 Å². The number of aryl methyl sites for hydroxylation is 1. The summed E-state index contributed by atoms with van der Waals surface area (Å²) < 4.78 is 8.06. The van der Waals surface area contributed by atoms with Crippen molar-refractivity contribution in [3.05, 3.63) is 54.0 Å². The van der Waals surface area contributed by atoms with Gasteiger partial charge in [0, 0.05) is 12.7 Å².